The minimum atomic E-state index is -0.383. The van der Waals surface area contributed by atoms with Gasteiger partial charge in [0.1, 0.15) is 18.1 Å². The van der Waals surface area contributed by atoms with Crippen molar-refractivity contribution in [3.05, 3.63) is 105 Å². The third-order valence-corrected chi connectivity index (χ3v) is 5.66. The van der Waals surface area contributed by atoms with Crippen LogP contribution in [0.5, 0.6) is 11.5 Å². The molecule has 0 aliphatic carbocycles. The first-order valence-corrected chi connectivity index (χ1v) is 10.3. The summed E-state index contributed by atoms with van der Waals surface area (Å²) in [5.74, 6) is 0.303. The van der Waals surface area contributed by atoms with Crippen molar-refractivity contribution in [2.24, 2.45) is 0 Å². The number of aromatic amines is 1. The van der Waals surface area contributed by atoms with Gasteiger partial charge in [0, 0.05) is 16.3 Å². The number of carbonyl (C=O) groups excluding carboxylic acids is 1. The summed E-state index contributed by atoms with van der Waals surface area (Å²) in [7, 11) is 0. The number of carbonyl (C=O) groups is 1. The second kappa shape index (κ2) is 7.93. The lowest BCUT2D eigenvalue weighted by molar-refractivity contribution is -0.135. The number of halogens is 1. The number of benzene rings is 3. The first-order chi connectivity index (χ1) is 15.1. The van der Waals surface area contributed by atoms with E-state index in [1.807, 2.05) is 66.7 Å². The van der Waals surface area contributed by atoms with E-state index in [1.54, 1.807) is 6.07 Å². The molecule has 5 rings (SSSR count). The molecule has 6 heteroatoms. The van der Waals surface area contributed by atoms with Crippen molar-refractivity contribution in [2.45, 2.75) is 18.9 Å². The van der Waals surface area contributed by atoms with Crippen LogP contribution in [0, 0.1) is 0 Å². The summed E-state index contributed by atoms with van der Waals surface area (Å²) >= 11 is 6.01. The lowest BCUT2D eigenvalue weighted by atomic mass is 9.86. The van der Waals surface area contributed by atoms with E-state index in [2.05, 4.69) is 4.98 Å². The normalized spacial score (nSPS) is 15.4. The largest absolute Gasteiger partial charge is 0.489 e. The maximum Gasteiger partial charge on any atom is 0.312 e. The molecular weight excluding hydrogens is 414 g/mol. The smallest absolute Gasteiger partial charge is 0.312 e. The molecule has 1 unspecified atom stereocenters. The first kappa shape index (κ1) is 19.4. The number of nitrogens with one attached hydrogen (secondary N) is 1. The van der Waals surface area contributed by atoms with Gasteiger partial charge in [-0.15, -0.1) is 0 Å². The molecule has 5 nitrogen and oxygen atoms in total. The van der Waals surface area contributed by atoms with Gasteiger partial charge in [0.2, 0.25) is 0 Å². The number of hydrogen-bond acceptors (Lipinski definition) is 4. The number of para-hydroxylation sites is 1. The van der Waals surface area contributed by atoms with Gasteiger partial charge in [0.05, 0.1) is 17.5 Å². The van der Waals surface area contributed by atoms with E-state index in [0.29, 0.717) is 34.2 Å². The Hall–Kier alpha value is -3.57. The molecule has 2 heterocycles. The number of rotatable bonds is 4. The number of esters is 1. The Morgan fingerprint density at radius 3 is 2.61 bits per heavy atom. The summed E-state index contributed by atoms with van der Waals surface area (Å²) in [5, 5.41) is 1.38. The van der Waals surface area contributed by atoms with Gasteiger partial charge < -0.3 is 14.5 Å². The quantitative estimate of drug-likeness (QED) is 0.451. The van der Waals surface area contributed by atoms with Crippen LogP contribution in [-0.4, -0.2) is 11.0 Å². The van der Waals surface area contributed by atoms with E-state index in [9.17, 15) is 9.59 Å². The zero-order chi connectivity index (χ0) is 21.4. The predicted molar refractivity (Wildman–Crippen MR) is 119 cm³/mol. The Bertz CT molecular complexity index is 1340. The Kier molecular flexibility index (Phi) is 4.96. The van der Waals surface area contributed by atoms with Crippen molar-refractivity contribution in [1.82, 2.24) is 4.98 Å². The van der Waals surface area contributed by atoms with Crippen LogP contribution in [-0.2, 0) is 11.4 Å². The minimum absolute atomic E-state index is 0.108. The number of fused-ring (bicyclic) bond motifs is 3. The molecule has 1 aliphatic rings. The average Bonchev–Trinajstić information content (AvgIpc) is 2.77. The van der Waals surface area contributed by atoms with E-state index in [4.69, 9.17) is 21.1 Å². The second-order valence-corrected chi connectivity index (χ2v) is 7.90. The molecule has 0 saturated heterocycles. The summed E-state index contributed by atoms with van der Waals surface area (Å²) in [6.07, 6.45) is 0.108. The highest BCUT2D eigenvalue weighted by molar-refractivity contribution is 6.30. The van der Waals surface area contributed by atoms with Gasteiger partial charge in [-0.25, -0.2) is 0 Å². The maximum atomic E-state index is 12.8. The van der Waals surface area contributed by atoms with Crippen LogP contribution in [0.4, 0.5) is 0 Å². The van der Waals surface area contributed by atoms with Crippen LogP contribution in [0.15, 0.2) is 77.6 Å². The van der Waals surface area contributed by atoms with E-state index in [-0.39, 0.29) is 23.9 Å². The lowest BCUT2D eigenvalue weighted by Crippen LogP contribution is -2.28. The highest BCUT2D eigenvalue weighted by Crippen LogP contribution is 2.40. The van der Waals surface area contributed by atoms with Crippen LogP contribution in [0.2, 0.25) is 5.02 Å². The van der Waals surface area contributed by atoms with E-state index < -0.39 is 0 Å². The molecule has 1 atom stereocenters. The number of pyridine rings is 1. The standard InChI is InChI=1S/C25H18ClNO4/c26-17-5-3-4-15(12-17)14-30-18-10-8-16(9-11-18)20-13-22(28)31-24-19-6-1-2-7-21(19)27-25(29)23(20)24/h1-12,20H,13-14H2,(H,27,29). The molecule has 0 spiro atoms. The Labute approximate surface area is 183 Å². The summed E-state index contributed by atoms with van der Waals surface area (Å²) in [5.41, 5.74) is 2.70. The third kappa shape index (κ3) is 3.80. The second-order valence-electron chi connectivity index (χ2n) is 7.46. The highest BCUT2D eigenvalue weighted by atomic mass is 35.5. The van der Waals surface area contributed by atoms with Crippen molar-refractivity contribution in [3.63, 3.8) is 0 Å². The van der Waals surface area contributed by atoms with E-state index >= 15 is 0 Å². The van der Waals surface area contributed by atoms with Crippen molar-refractivity contribution >= 4 is 28.5 Å². The van der Waals surface area contributed by atoms with Gasteiger partial charge in [0.15, 0.2) is 0 Å². The minimum Gasteiger partial charge on any atom is -0.489 e. The Balaban J connectivity index is 1.45. The van der Waals surface area contributed by atoms with Gasteiger partial charge in [-0.2, -0.15) is 0 Å². The molecular formula is C25H18ClNO4. The molecule has 31 heavy (non-hydrogen) atoms. The Morgan fingerprint density at radius 2 is 1.81 bits per heavy atom. The van der Waals surface area contributed by atoms with Gasteiger partial charge >= 0.3 is 5.97 Å². The first-order valence-electron chi connectivity index (χ1n) is 9.91. The fraction of sp³-hybridized carbons (Fsp3) is 0.120. The van der Waals surface area contributed by atoms with Gasteiger partial charge in [-0.1, -0.05) is 48.0 Å². The fourth-order valence-corrected chi connectivity index (χ4v) is 4.17. The molecule has 0 bridgehead atoms. The average molecular weight is 432 g/mol. The van der Waals surface area contributed by atoms with E-state index in [1.165, 1.54) is 0 Å². The monoisotopic (exact) mass is 431 g/mol. The number of hydrogen-bond donors (Lipinski definition) is 1. The molecule has 1 aromatic heterocycles. The van der Waals surface area contributed by atoms with Crippen LogP contribution in [0.25, 0.3) is 10.9 Å². The van der Waals surface area contributed by atoms with Gasteiger partial charge in [0.25, 0.3) is 5.56 Å². The van der Waals surface area contributed by atoms with Crippen molar-refractivity contribution in [3.8, 4) is 11.5 Å². The zero-order valence-electron chi connectivity index (χ0n) is 16.4. The predicted octanol–water partition coefficient (Wildman–Crippen LogP) is 5.20. The SMILES string of the molecule is O=C1CC(c2ccc(OCc3cccc(Cl)c3)cc2)c2c(c3ccccc3[nH]c2=O)O1. The summed E-state index contributed by atoms with van der Waals surface area (Å²) in [6.45, 7) is 0.393. The summed E-state index contributed by atoms with van der Waals surface area (Å²) in [4.78, 5) is 28.1. The van der Waals surface area contributed by atoms with Crippen molar-refractivity contribution in [1.29, 1.82) is 0 Å². The van der Waals surface area contributed by atoms with Crippen LogP contribution >= 0.6 is 11.6 Å². The molecule has 3 aromatic carbocycles. The molecule has 0 amide bonds. The van der Waals surface area contributed by atoms with Crippen LogP contribution in [0.1, 0.15) is 29.0 Å². The number of aromatic nitrogens is 1. The van der Waals surface area contributed by atoms with Crippen LogP contribution < -0.4 is 15.0 Å². The molecule has 4 aromatic rings. The fourth-order valence-electron chi connectivity index (χ4n) is 3.95. The molecule has 154 valence electrons. The Morgan fingerprint density at radius 1 is 1.00 bits per heavy atom. The maximum absolute atomic E-state index is 12.8. The highest BCUT2D eigenvalue weighted by Gasteiger charge is 2.32. The third-order valence-electron chi connectivity index (χ3n) is 5.42. The molecule has 1 aliphatic heterocycles. The zero-order valence-corrected chi connectivity index (χ0v) is 17.2. The van der Waals surface area contributed by atoms with Gasteiger partial charge in [-0.05, 0) is 47.5 Å². The molecule has 0 fully saturated rings. The van der Waals surface area contributed by atoms with Crippen molar-refractivity contribution < 1.29 is 14.3 Å². The van der Waals surface area contributed by atoms with Crippen LogP contribution in [0.3, 0.4) is 0 Å². The van der Waals surface area contributed by atoms with E-state index in [0.717, 1.165) is 16.5 Å². The van der Waals surface area contributed by atoms with Crippen molar-refractivity contribution in [2.75, 3.05) is 0 Å². The molecule has 0 radical (unpaired) electrons. The number of H-pyrrole nitrogens is 1. The topological polar surface area (TPSA) is 68.4 Å². The summed E-state index contributed by atoms with van der Waals surface area (Å²) in [6, 6.07) is 22.3. The lowest BCUT2D eigenvalue weighted by Gasteiger charge is -2.25. The molecule has 0 saturated carbocycles. The number of ether oxygens (including phenoxy) is 2. The summed E-state index contributed by atoms with van der Waals surface area (Å²) < 4.78 is 11.3. The van der Waals surface area contributed by atoms with Gasteiger partial charge in [-0.3, -0.25) is 9.59 Å². The molecule has 1 N–H and O–H groups in total.